The number of benzene rings is 1. The molecule has 0 saturated heterocycles. The molecule has 0 unspecified atom stereocenters. The van der Waals surface area contributed by atoms with Crippen LogP contribution in [0.15, 0.2) is 41.4 Å². The summed E-state index contributed by atoms with van der Waals surface area (Å²) in [6.45, 7) is 2.69. The van der Waals surface area contributed by atoms with E-state index in [0.717, 1.165) is 12.1 Å². The maximum atomic E-state index is 5.60. The lowest BCUT2D eigenvalue weighted by molar-refractivity contribution is 1.13. The molecule has 0 saturated carbocycles. The lowest BCUT2D eigenvalue weighted by atomic mass is 10.2. The zero-order valence-corrected chi connectivity index (χ0v) is 7.77. The van der Waals surface area contributed by atoms with Gasteiger partial charge in [-0.25, -0.2) is 0 Å². The molecule has 68 valence electrons. The predicted octanol–water partition coefficient (Wildman–Crippen LogP) is 2.08. The van der Waals surface area contributed by atoms with E-state index in [2.05, 4.69) is 4.99 Å². The second kappa shape index (κ2) is 5.14. The van der Waals surface area contributed by atoms with Crippen LogP contribution in [0.25, 0.3) is 6.08 Å². The number of hydrogen-bond donors (Lipinski definition) is 1. The third kappa shape index (κ3) is 3.56. The van der Waals surface area contributed by atoms with E-state index in [1.54, 1.807) is 0 Å². The molecule has 0 aromatic heterocycles. The molecule has 2 N–H and O–H groups in total. The van der Waals surface area contributed by atoms with Gasteiger partial charge in [0.1, 0.15) is 5.84 Å². The summed E-state index contributed by atoms with van der Waals surface area (Å²) in [6.07, 6.45) is 3.77. The first-order chi connectivity index (χ1) is 6.33. The zero-order valence-electron chi connectivity index (χ0n) is 7.77. The number of rotatable bonds is 3. The highest BCUT2D eigenvalue weighted by atomic mass is 14.8. The Morgan fingerprint density at radius 3 is 2.69 bits per heavy atom. The van der Waals surface area contributed by atoms with E-state index in [9.17, 15) is 0 Å². The summed E-state index contributed by atoms with van der Waals surface area (Å²) < 4.78 is 0. The second-order valence-electron chi connectivity index (χ2n) is 2.64. The fourth-order valence-corrected chi connectivity index (χ4v) is 0.981. The largest absolute Gasteiger partial charge is 0.384 e. The van der Waals surface area contributed by atoms with Crippen molar-refractivity contribution in [3.8, 4) is 0 Å². The average Bonchev–Trinajstić information content (AvgIpc) is 2.17. The Labute approximate surface area is 78.8 Å². The van der Waals surface area contributed by atoms with Crippen molar-refractivity contribution in [1.82, 2.24) is 0 Å². The van der Waals surface area contributed by atoms with Gasteiger partial charge >= 0.3 is 0 Å². The number of hydrogen-bond acceptors (Lipinski definition) is 1. The van der Waals surface area contributed by atoms with Gasteiger partial charge in [0.2, 0.25) is 0 Å². The van der Waals surface area contributed by atoms with E-state index >= 15 is 0 Å². The Kier molecular flexibility index (Phi) is 3.76. The van der Waals surface area contributed by atoms with Crippen molar-refractivity contribution in [1.29, 1.82) is 0 Å². The number of aliphatic imine (C=N–C) groups is 1. The van der Waals surface area contributed by atoms with Gasteiger partial charge in [-0.2, -0.15) is 0 Å². The molecule has 0 spiro atoms. The highest BCUT2D eigenvalue weighted by Crippen LogP contribution is 2.00. The van der Waals surface area contributed by atoms with Gasteiger partial charge in [0.15, 0.2) is 0 Å². The molecule has 0 fully saturated rings. The first-order valence-corrected chi connectivity index (χ1v) is 4.36. The molecule has 1 rings (SSSR count). The normalized spacial score (nSPS) is 12.2. The molecule has 2 nitrogen and oxygen atoms in total. The molecule has 2 heteroatoms. The van der Waals surface area contributed by atoms with Crippen molar-refractivity contribution in [2.24, 2.45) is 10.7 Å². The first-order valence-electron chi connectivity index (χ1n) is 4.36. The van der Waals surface area contributed by atoms with E-state index < -0.39 is 0 Å². The standard InChI is InChI=1S/C11H14N2/c1-2-13-11(12)9-8-10-6-4-3-5-7-10/h3-9H,2H2,1H3,(H2,12,13)/b9-8+. The number of amidine groups is 1. The minimum Gasteiger partial charge on any atom is -0.384 e. The number of nitrogens with zero attached hydrogens (tertiary/aromatic N) is 1. The van der Waals surface area contributed by atoms with Gasteiger partial charge in [-0.1, -0.05) is 36.4 Å². The molecule has 0 atom stereocenters. The Bertz CT molecular complexity index is 299. The monoisotopic (exact) mass is 174 g/mol. The van der Waals surface area contributed by atoms with Crippen LogP contribution in [0.5, 0.6) is 0 Å². The van der Waals surface area contributed by atoms with Crippen molar-refractivity contribution in [2.45, 2.75) is 6.92 Å². The molecule has 0 aliphatic carbocycles. The Morgan fingerprint density at radius 2 is 2.08 bits per heavy atom. The van der Waals surface area contributed by atoms with Gasteiger partial charge in [-0.15, -0.1) is 0 Å². The molecule has 0 aliphatic rings. The highest BCUT2D eigenvalue weighted by molar-refractivity contribution is 5.95. The quantitative estimate of drug-likeness (QED) is 0.553. The third-order valence-electron chi connectivity index (χ3n) is 1.59. The summed E-state index contributed by atoms with van der Waals surface area (Å²) in [5.74, 6) is 0.575. The summed E-state index contributed by atoms with van der Waals surface area (Å²) in [5.41, 5.74) is 6.73. The van der Waals surface area contributed by atoms with Crippen molar-refractivity contribution >= 4 is 11.9 Å². The fourth-order valence-electron chi connectivity index (χ4n) is 0.981. The van der Waals surface area contributed by atoms with Crippen LogP contribution in [0.2, 0.25) is 0 Å². The van der Waals surface area contributed by atoms with Crippen LogP contribution in [-0.2, 0) is 0 Å². The molecule has 13 heavy (non-hydrogen) atoms. The van der Waals surface area contributed by atoms with Gasteiger partial charge in [-0.05, 0) is 18.6 Å². The van der Waals surface area contributed by atoms with E-state index in [1.165, 1.54) is 0 Å². The molecule has 0 aliphatic heterocycles. The smallest absolute Gasteiger partial charge is 0.118 e. The lowest BCUT2D eigenvalue weighted by Gasteiger charge is -1.92. The van der Waals surface area contributed by atoms with Crippen molar-refractivity contribution in [3.05, 3.63) is 42.0 Å². The molecule has 0 bridgehead atoms. The van der Waals surface area contributed by atoms with E-state index in [-0.39, 0.29) is 0 Å². The summed E-state index contributed by atoms with van der Waals surface area (Å²) in [6, 6.07) is 10.0. The SMILES string of the molecule is CCN=C(N)/C=C/c1ccccc1. The van der Waals surface area contributed by atoms with Crippen LogP contribution in [0.4, 0.5) is 0 Å². The van der Waals surface area contributed by atoms with Crippen molar-refractivity contribution < 1.29 is 0 Å². The zero-order chi connectivity index (χ0) is 9.52. The maximum Gasteiger partial charge on any atom is 0.118 e. The minimum atomic E-state index is 0.575. The summed E-state index contributed by atoms with van der Waals surface area (Å²) in [4.78, 5) is 4.05. The Balaban J connectivity index is 2.64. The first kappa shape index (κ1) is 9.52. The fraction of sp³-hybridized carbons (Fsp3) is 0.182. The van der Waals surface area contributed by atoms with Crippen LogP contribution in [0.3, 0.4) is 0 Å². The van der Waals surface area contributed by atoms with E-state index in [0.29, 0.717) is 5.84 Å². The maximum absolute atomic E-state index is 5.60. The summed E-state index contributed by atoms with van der Waals surface area (Å²) in [5, 5.41) is 0. The molecule has 0 amide bonds. The van der Waals surface area contributed by atoms with Crippen molar-refractivity contribution in [3.63, 3.8) is 0 Å². The average molecular weight is 174 g/mol. The lowest BCUT2D eigenvalue weighted by Crippen LogP contribution is -2.07. The summed E-state index contributed by atoms with van der Waals surface area (Å²) in [7, 11) is 0. The van der Waals surface area contributed by atoms with Crippen LogP contribution in [0, 0.1) is 0 Å². The Hall–Kier alpha value is -1.57. The van der Waals surface area contributed by atoms with Crippen LogP contribution >= 0.6 is 0 Å². The molecule has 0 radical (unpaired) electrons. The summed E-state index contributed by atoms with van der Waals surface area (Å²) >= 11 is 0. The van der Waals surface area contributed by atoms with E-state index in [1.807, 2.05) is 49.4 Å². The molecular formula is C11H14N2. The van der Waals surface area contributed by atoms with Gasteiger partial charge in [-0.3, -0.25) is 4.99 Å². The van der Waals surface area contributed by atoms with Crippen LogP contribution in [0.1, 0.15) is 12.5 Å². The highest BCUT2D eigenvalue weighted by Gasteiger charge is 1.84. The van der Waals surface area contributed by atoms with E-state index in [4.69, 9.17) is 5.73 Å². The van der Waals surface area contributed by atoms with Crippen LogP contribution < -0.4 is 5.73 Å². The van der Waals surface area contributed by atoms with Gasteiger partial charge < -0.3 is 5.73 Å². The number of nitrogens with two attached hydrogens (primary N) is 1. The topological polar surface area (TPSA) is 38.4 Å². The predicted molar refractivity (Wildman–Crippen MR) is 57.6 cm³/mol. The molecule has 1 aromatic carbocycles. The molecule has 1 aromatic rings. The van der Waals surface area contributed by atoms with Gasteiger partial charge in [0, 0.05) is 6.54 Å². The second-order valence-corrected chi connectivity index (χ2v) is 2.64. The van der Waals surface area contributed by atoms with Crippen molar-refractivity contribution in [2.75, 3.05) is 6.54 Å². The molecular weight excluding hydrogens is 160 g/mol. The third-order valence-corrected chi connectivity index (χ3v) is 1.59. The molecule has 0 heterocycles. The Morgan fingerprint density at radius 1 is 1.38 bits per heavy atom. The van der Waals surface area contributed by atoms with Gasteiger partial charge in [0.05, 0.1) is 0 Å². The van der Waals surface area contributed by atoms with Crippen LogP contribution in [-0.4, -0.2) is 12.4 Å². The van der Waals surface area contributed by atoms with Gasteiger partial charge in [0.25, 0.3) is 0 Å². The minimum absolute atomic E-state index is 0.575.